The Labute approximate surface area is 128 Å². The lowest BCUT2D eigenvalue weighted by Gasteiger charge is -2.15. The van der Waals surface area contributed by atoms with Gasteiger partial charge in [-0.25, -0.2) is 9.97 Å². The summed E-state index contributed by atoms with van der Waals surface area (Å²) in [6, 6.07) is 0. The van der Waals surface area contributed by atoms with Crippen LogP contribution >= 0.6 is 0 Å². The van der Waals surface area contributed by atoms with Crippen molar-refractivity contribution < 1.29 is 9.90 Å². The Morgan fingerprint density at radius 2 is 1.67 bits per heavy atom. The molecule has 0 radical (unpaired) electrons. The third kappa shape index (κ3) is 8.27. The number of hydrogen-bond acceptors (Lipinski definition) is 4. The molecule has 0 aliphatic carbocycles. The molecule has 0 saturated carbocycles. The van der Waals surface area contributed by atoms with E-state index < -0.39 is 5.97 Å². The van der Waals surface area contributed by atoms with Crippen molar-refractivity contribution in [2.24, 2.45) is 5.92 Å². The molecule has 0 unspecified atom stereocenters. The molecule has 0 fully saturated rings. The molecule has 0 aliphatic heterocycles. The Morgan fingerprint density at radius 3 is 2.05 bits per heavy atom. The maximum Gasteiger partial charge on any atom is 0.322 e. The van der Waals surface area contributed by atoms with E-state index in [4.69, 9.17) is 5.11 Å². The number of rotatable bonds is 5. The highest BCUT2D eigenvalue weighted by Crippen LogP contribution is 2.24. The molecule has 2 N–H and O–H groups in total. The number of anilines is 1. The summed E-state index contributed by atoms with van der Waals surface area (Å²) in [4.78, 5) is 19.0. The molecule has 0 aliphatic rings. The van der Waals surface area contributed by atoms with Crippen LogP contribution < -0.4 is 5.32 Å². The van der Waals surface area contributed by atoms with Crippen molar-refractivity contribution in [2.45, 2.75) is 60.3 Å². The van der Waals surface area contributed by atoms with E-state index in [9.17, 15) is 4.79 Å². The second-order valence-electron chi connectivity index (χ2n) is 6.32. The third-order valence-electron chi connectivity index (χ3n) is 2.41. The van der Waals surface area contributed by atoms with Gasteiger partial charge in [0.2, 0.25) is 5.95 Å². The second-order valence-corrected chi connectivity index (χ2v) is 6.32. The van der Waals surface area contributed by atoms with Crippen LogP contribution in [0.5, 0.6) is 0 Å². The highest BCUT2D eigenvalue weighted by molar-refractivity contribution is 5.71. The molecule has 0 saturated heterocycles. The minimum Gasteiger partial charge on any atom is -0.480 e. The molecular weight excluding hydrogens is 266 g/mol. The average Bonchev–Trinajstić information content (AvgIpc) is 2.35. The first-order valence-electron chi connectivity index (χ1n) is 7.47. The van der Waals surface area contributed by atoms with Gasteiger partial charge in [-0.2, -0.15) is 0 Å². The van der Waals surface area contributed by atoms with Crippen molar-refractivity contribution in [3.63, 3.8) is 0 Å². The molecule has 5 heteroatoms. The van der Waals surface area contributed by atoms with E-state index in [0.717, 1.165) is 17.2 Å². The summed E-state index contributed by atoms with van der Waals surface area (Å²) >= 11 is 0. The molecule has 0 amide bonds. The van der Waals surface area contributed by atoms with Gasteiger partial charge in [0.05, 0.1) is 5.69 Å². The van der Waals surface area contributed by atoms with E-state index in [0.29, 0.717) is 17.8 Å². The van der Waals surface area contributed by atoms with Crippen molar-refractivity contribution in [3.8, 4) is 0 Å². The van der Waals surface area contributed by atoms with Gasteiger partial charge in [-0.1, -0.05) is 48.5 Å². The van der Waals surface area contributed by atoms with Crippen LogP contribution in [0.25, 0.3) is 0 Å². The zero-order chi connectivity index (χ0) is 16.6. The van der Waals surface area contributed by atoms with Crippen molar-refractivity contribution in [2.75, 3.05) is 11.9 Å². The number of aliphatic carboxylic acids is 1. The number of aromatic nitrogens is 2. The molecule has 5 nitrogen and oxygen atoms in total. The molecule has 0 spiro atoms. The lowest BCUT2D eigenvalue weighted by atomic mass is 9.97. The van der Waals surface area contributed by atoms with Crippen LogP contribution in [0.1, 0.15) is 71.6 Å². The molecule has 21 heavy (non-hydrogen) atoms. The Balaban J connectivity index is 0.000000885. The zero-order valence-corrected chi connectivity index (χ0v) is 14.3. The summed E-state index contributed by atoms with van der Waals surface area (Å²) < 4.78 is 0. The number of carboxylic acids is 1. The van der Waals surface area contributed by atoms with Crippen LogP contribution in [-0.4, -0.2) is 27.6 Å². The topological polar surface area (TPSA) is 75.1 Å². The van der Waals surface area contributed by atoms with Crippen molar-refractivity contribution in [1.82, 2.24) is 9.97 Å². The van der Waals surface area contributed by atoms with E-state index in [1.807, 2.05) is 0 Å². The molecule has 0 aromatic carbocycles. The normalized spacial score (nSPS) is 10.6. The minimum atomic E-state index is -0.923. The van der Waals surface area contributed by atoms with Crippen LogP contribution in [-0.2, 0) is 4.79 Å². The summed E-state index contributed by atoms with van der Waals surface area (Å²) in [7, 11) is 0. The first-order chi connectivity index (χ1) is 9.65. The lowest BCUT2D eigenvalue weighted by molar-refractivity contribution is -0.134. The first kappa shape index (κ1) is 19.4. The first-order valence-corrected chi connectivity index (χ1v) is 7.47. The van der Waals surface area contributed by atoms with E-state index in [-0.39, 0.29) is 6.54 Å². The molecule has 120 valence electrons. The van der Waals surface area contributed by atoms with Gasteiger partial charge in [0.15, 0.2) is 0 Å². The summed E-state index contributed by atoms with van der Waals surface area (Å²) in [6.45, 7) is 14.6. The maximum atomic E-state index is 10.4. The smallest absolute Gasteiger partial charge is 0.322 e. The molecule has 0 atom stereocenters. The molecule has 1 aromatic rings. The van der Waals surface area contributed by atoms with Crippen LogP contribution in [0, 0.1) is 5.92 Å². The van der Waals surface area contributed by atoms with E-state index in [2.05, 4.69) is 63.8 Å². The Hall–Kier alpha value is -1.65. The maximum absolute atomic E-state index is 10.4. The van der Waals surface area contributed by atoms with Crippen LogP contribution in [0.4, 0.5) is 5.95 Å². The number of hydrogen-bond donors (Lipinski definition) is 2. The monoisotopic (exact) mass is 295 g/mol. The van der Waals surface area contributed by atoms with Crippen molar-refractivity contribution in [3.05, 3.63) is 17.5 Å². The standard InChI is InChI=1S/C12H19N3O2.C4H10/c1-7(2)9-5-13-12(14-6-10(16)17)15-11(9)8(3)4;1-4(2)3/h5,7-8H,6H2,1-4H3,(H,16,17)(H,13,14,15);4H,1-3H3. The average molecular weight is 295 g/mol. The fourth-order valence-corrected chi connectivity index (χ4v) is 1.55. The predicted molar refractivity (Wildman–Crippen MR) is 86.8 cm³/mol. The van der Waals surface area contributed by atoms with Gasteiger partial charge in [-0.05, 0) is 23.3 Å². The van der Waals surface area contributed by atoms with E-state index in [1.165, 1.54) is 0 Å². The van der Waals surface area contributed by atoms with Crippen LogP contribution in [0.3, 0.4) is 0 Å². The van der Waals surface area contributed by atoms with Gasteiger partial charge < -0.3 is 10.4 Å². The summed E-state index contributed by atoms with van der Waals surface area (Å²) in [6.07, 6.45) is 1.77. The SMILES string of the molecule is CC(C)C.CC(C)c1cnc(NCC(=O)O)nc1C(C)C. The number of nitrogens with one attached hydrogen (secondary N) is 1. The fourth-order valence-electron chi connectivity index (χ4n) is 1.55. The predicted octanol–water partition coefficient (Wildman–Crippen LogP) is 3.88. The summed E-state index contributed by atoms with van der Waals surface area (Å²) in [5.41, 5.74) is 2.09. The number of nitrogens with zero attached hydrogens (tertiary/aromatic N) is 2. The summed E-state index contributed by atoms with van der Waals surface area (Å²) in [5.74, 6) is 0.940. The zero-order valence-electron chi connectivity index (χ0n) is 14.3. The minimum absolute atomic E-state index is 0.168. The largest absolute Gasteiger partial charge is 0.480 e. The van der Waals surface area contributed by atoms with Crippen molar-refractivity contribution >= 4 is 11.9 Å². The van der Waals surface area contributed by atoms with Gasteiger partial charge in [0.1, 0.15) is 6.54 Å². The van der Waals surface area contributed by atoms with Crippen molar-refractivity contribution in [1.29, 1.82) is 0 Å². The molecule has 1 rings (SSSR count). The molecule has 1 heterocycles. The van der Waals surface area contributed by atoms with Crippen LogP contribution in [0.15, 0.2) is 6.20 Å². The fraction of sp³-hybridized carbons (Fsp3) is 0.688. The summed E-state index contributed by atoms with van der Waals surface area (Å²) in [5, 5.41) is 11.3. The van der Waals surface area contributed by atoms with Gasteiger partial charge in [0.25, 0.3) is 0 Å². The molecular formula is C16H29N3O2. The quantitative estimate of drug-likeness (QED) is 0.862. The number of carbonyl (C=O) groups is 1. The third-order valence-corrected chi connectivity index (χ3v) is 2.41. The Bertz CT molecular complexity index is 440. The molecule has 1 aromatic heterocycles. The molecule has 0 bridgehead atoms. The van der Waals surface area contributed by atoms with Gasteiger partial charge in [0, 0.05) is 6.20 Å². The highest BCUT2D eigenvalue weighted by Gasteiger charge is 2.13. The van der Waals surface area contributed by atoms with Crippen LogP contribution in [0.2, 0.25) is 0 Å². The van der Waals surface area contributed by atoms with Gasteiger partial charge in [-0.3, -0.25) is 4.79 Å². The lowest BCUT2D eigenvalue weighted by Crippen LogP contribution is -2.15. The number of carboxylic acid groups (broad SMARTS) is 1. The second kappa shape index (κ2) is 9.32. The Kier molecular flexibility index (Phi) is 8.58. The van der Waals surface area contributed by atoms with E-state index in [1.54, 1.807) is 6.20 Å². The van der Waals surface area contributed by atoms with Gasteiger partial charge >= 0.3 is 5.97 Å². The Morgan fingerprint density at radius 1 is 1.14 bits per heavy atom. The van der Waals surface area contributed by atoms with E-state index >= 15 is 0 Å². The highest BCUT2D eigenvalue weighted by atomic mass is 16.4. The van der Waals surface area contributed by atoms with Gasteiger partial charge in [-0.15, -0.1) is 0 Å².